The van der Waals surface area contributed by atoms with Gasteiger partial charge >= 0.3 is 5.97 Å². The number of ether oxygens (including phenoxy) is 2. The number of hydrogen-bond acceptors (Lipinski definition) is 3. The van der Waals surface area contributed by atoms with E-state index in [1.54, 1.807) is 0 Å². The van der Waals surface area contributed by atoms with Crippen LogP contribution in [0.4, 0.5) is 0 Å². The van der Waals surface area contributed by atoms with E-state index in [2.05, 4.69) is 18.7 Å². The first-order chi connectivity index (χ1) is 10.8. The quantitative estimate of drug-likeness (QED) is 0.323. The fraction of sp³-hybridized carbons (Fsp3) is 0.526. The van der Waals surface area contributed by atoms with Crippen LogP contribution in [-0.4, -0.2) is 19.7 Å². The van der Waals surface area contributed by atoms with E-state index >= 15 is 0 Å². The van der Waals surface area contributed by atoms with Gasteiger partial charge in [-0.1, -0.05) is 49.2 Å². The number of esters is 1. The van der Waals surface area contributed by atoms with Crippen LogP contribution in [0.15, 0.2) is 43.0 Å². The number of rotatable bonds is 12. The molecule has 0 saturated carbocycles. The third-order valence-corrected chi connectivity index (χ3v) is 3.75. The van der Waals surface area contributed by atoms with Crippen molar-refractivity contribution in [3.8, 4) is 0 Å². The first-order valence-electron chi connectivity index (χ1n) is 8.05. The van der Waals surface area contributed by atoms with Gasteiger partial charge in [0.25, 0.3) is 0 Å². The average molecular weight is 304 g/mol. The van der Waals surface area contributed by atoms with Gasteiger partial charge in [0.05, 0.1) is 13.7 Å². The first kappa shape index (κ1) is 18.4. The molecule has 0 fully saturated rings. The maximum Gasteiger partial charge on any atom is 0.305 e. The molecule has 1 aromatic carbocycles. The fourth-order valence-corrected chi connectivity index (χ4v) is 2.44. The van der Waals surface area contributed by atoms with Crippen molar-refractivity contribution in [3.63, 3.8) is 0 Å². The van der Waals surface area contributed by atoms with Crippen molar-refractivity contribution in [1.82, 2.24) is 0 Å². The molecule has 1 unspecified atom stereocenters. The highest BCUT2D eigenvalue weighted by atomic mass is 16.5. The van der Waals surface area contributed by atoms with E-state index in [1.165, 1.54) is 12.7 Å². The Bertz CT molecular complexity index is 414. The van der Waals surface area contributed by atoms with E-state index in [0.717, 1.165) is 38.7 Å². The normalized spacial score (nSPS) is 11.9. The zero-order valence-corrected chi connectivity index (χ0v) is 13.6. The third-order valence-electron chi connectivity index (χ3n) is 3.75. The van der Waals surface area contributed by atoms with E-state index in [9.17, 15) is 4.79 Å². The van der Waals surface area contributed by atoms with Crippen LogP contribution in [0, 0.1) is 5.92 Å². The second-order valence-electron chi connectivity index (χ2n) is 5.54. The van der Waals surface area contributed by atoms with E-state index in [4.69, 9.17) is 9.47 Å². The Morgan fingerprint density at radius 3 is 2.68 bits per heavy atom. The Morgan fingerprint density at radius 1 is 1.23 bits per heavy atom. The molecule has 1 atom stereocenters. The van der Waals surface area contributed by atoms with Crippen molar-refractivity contribution in [3.05, 3.63) is 48.6 Å². The smallest absolute Gasteiger partial charge is 0.305 e. The maximum absolute atomic E-state index is 11.2. The summed E-state index contributed by atoms with van der Waals surface area (Å²) in [5, 5.41) is 0. The van der Waals surface area contributed by atoms with Gasteiger partial charge in [-0.3, -0.25) is 4.79 Å². The van der Waals surface area contributed by atoms with Crippen molar-refractivity contribution in [2.45, 2.75) is 45.1 Å². The van der Waals surface area contributed by atoms with Gasteiger partial charge in [0.15, 0.2) is 0 Å². The largest absolute Gasteiger partial charge is 0.469 e. The Morgan fingerprint density at radius 2 is 2.00 bits per heavy atom. The molecule has 0 radical (unpaired) electrons. The Balaban J connectivity index is 2.09. The SMILES string of the molecule is C=CCC(CCCCOCc1ccccc1)CCC(=O)OC. The summed E-state index contributed by atoms with van der Waals surface area (Å²) in [5.41, 5.74) is 1.21. The summed E-state index contributed by atoms with van der Waals surface area (Å²) in [5.74, 6) is 0.394. The van der Waals surface area contributed by atoms with Gasteiger partial charge in [0, 0.05) is 13.0 Å². The highest BCUT2D eigenvalue weighted by Gasteiger charge is 2.10. The minimum atomic E-state index is -0.125. The molecule has 1 aromatic rings. The summed E-state index contributed by atoms with van der Waals surface area (Å²) in [4.78, 5) is 11.2. The topological polar surface area (TPSA) is 35.5 Å². The molecule has 122 valence electrons. The Labute approximate surface area is 134 Å². The number of unbranched alkanes of at least 4 members (excludes halogenated alkanes) is 1. The van der Waals surface area contributed by atoms with Gasteiger partial charge in [0.1, 0.15) is 0 Å². The summed E-state index contributed by atoms with van der Waals surface area (Å²) in [7, 11) is 1.44. The molecule has 0 N–H and O–H groups in total. The monoisotopic (exact) mass is 304 g/mol. The van der Waals surface area contributed by atoms with Crippen molar-refractivity contribution in [1.29, 1.82) is 0 Å². The van der Waals surface area contributed by atoms with Gasteiger partial charge in [-0.25, -0.2) is 0 Å². The second kappa shape index (κ2) is 12.0. The molecule has 1 rings (SSSR count). The molecule has 0 amide bonds. The second-order valence-corrected chi connectivity index (χ2v) is 5.54. The van der Waals surface area contributed by atoms with E-state index in [-0.39, 0.29) is 5.97 Å². The van der Waals surface area contributed by atoms with Crippen molar-refractivity contribution >= 4 is 5.97 Å². The Hall–Kier alpha value is -1.61. The van der Waals surface area contributed by atoms with Crippen molar-refractivity contribution < 1.29 is 14.3 Å². The molecule has 0 spiro atoms. The van der Waals surface area contributed by atoms with Crippen LogP contribution in [0.5, 0.6) is 0 Å². The van der Waals surface area contributed by atoms with Gasteiger partial charge in [-0.05, 0) is 30.7 Å². The summed E-state index contributed by atoms with van der Waals surface area (Å²) < 4.78 is 10.4. The lowest BCUT2D eigenvalue weighted by Gasteiger charge is -2.14. The fourth-order valence-electron chi connectivity index (χ4n) is 2.44. The van der Waals surface area contributed by atoms with Crippen molar-refractivity contribution in [2.75, 3.05) is 13.7 Å². The molecule has 3 nitrogen and oxygen atoms in total. The van der Waals surface area contributed by atoms with Crippen LogP contribution in [0.3, 0.4) is 0 Å². The van der Waals surface area contributed by atoms with E-state index in [0.29, 0.717) is 18.9 Å². The molecule has 22 heavy (non-hydrogen) atoms. The molecular weight excluding hydrogens is 276 g/mol. The van der Waals surface area contributed by atoms with Crippen molar-refractivity contribution in [2.24, 2.45) is 5.92 Å². The Kier molecular flexibility index (Phi) is 10.0. The highest BCUT2D eigenvalue weighted by Crippen LogP contribution is 2.19. The van der Waals surface area contributed by atoms with E-state index in [1.807, 2.05) is 24.3 Å². The standard InChI is InChI=1S/C19H28O3/c1-3-9-17(13-14-19(20)21-2)10-7-8-15-22-16-18-11-5-4-6-12-18/h3-6,11-12,17H,1,7-10,13-16H2,2H3. The molecular formula is C19H28O3. The third kappa shape index (κ3) is 8.63. The molecule has 0 heterocycles. The number of carbonyl (C=O) groups is 1. The lowest BCUT2D eigenvalue weighted by atomic mass is 9.93. The van der Waals surface area contributed by atoms with Crippen LogP contribution < -0.4 is 0 Å². The first-order valence-corrected chi connectivity index (χ1v) is 8.05. The molecule has 0 aromatic heterocycles. The summed E-state index contributed by atoms with van der Waals surface area (Å²) in [6.07, 6.45) is 7.56. The molecule has 3 heteroatoms. The predicted molar refractivity (Wildman–Crippen MR) is 89.5 cm³/mol. The number of carbonyl (C=O) groups excluding carboxylic acids is 1. The number of methoxy groups -OCH3 is 1. The average Bonchev–Trinajstić information content (AvgIpc) is 2.56. The maximum atomic E-state index is 11.2. The number of hydrogen-bond donors (Lipinski definition) is 0. The summed E-state index contributed by atoms with van der Waals surface area (Å²) >= 11 is 0. The zero-order chi connectivity index (χ0) is 16.0. The van der Waals surface area contributed by atoms with Crippen LogP contribution in [0.2, 0.25) is 0 Å². The molecule has 0 saturated heterocycles. The number of benzene rings is 1. The highest BCUT2D eigenvalue weighted by molar-refractivity contribution is 5.69. The minimum absolute atomic E-state index is 0.125. The zero-order valence-electron chi connectivity index (χ0n) is 13.6. The molecule has 0 aliphatic heterocycles. The molecule has 0 aliphatic rings. The van der Waals surface area contributed by atoms with Crippen LogP contribution in [0.1, 0.15) is 44.1 Å². The van der Waals surface area contributed by atoms with Crippen LogP contribution in [0.25, 0.3) is 0 Å². The van der Waals surface area contributed by atoms with E-state index < -0.39 is 0 Å². The van der Waals surface area contributed by atoms with Crippen LogP contribution in [-0.2, 0) is 20.9 Å². The molecule has 0 bridgehead atoms. The number of allylic oxidation sites excluding steroid dienone is 1. The lowest BCUT2D eigenvalue weighted by Crippen LogP contribution is -2.06. The predicted octanol–water partition coefficient (Wildman–Crippen LogP) is 4.52. The molecule has 0 aliphatic carbocycles. The van der Waals surface area contributed by atoms with Gasteiger partial charge < -0.3 is 9.47 Å². The van der Waals surface area contributed by atoms with Crippen LogP contribution >= 0.6 is 0 Å². The van der Waals surface area contributed by atoms with Gasteiger partial charge in [-0.2, -0.15) is 0 Å². The van der Waals surface area contributed by atoms with Gasteiger partial charge in [0.2, 0.25) is 0 Å². The lowest BCUT2D eigenvalue weighted by molar-refractivity contribution is -0.140. The summed E-state index contributed by atoms with van der Waals surface area (Å²) in [6, 6.07) is 10.2. The minimum Gasteiger partial charge on any atom is -0.469 e. The summed E-state index contributed by atoms with van der Waals surface area (Å²) in [6.45, 7) is 5.26. The van der Waals surface area contributed by atoms with Gasteiger partial charge in [-0.15, -0.1) is 6.58 Å².